The first-order valence-electron chi connectivity index (χ1n) is 14.0. The van der Waals surface area contributed by atoms with E-state index in [0.29, 0.717) is 60.6 Å². The number of carbonyl (C=O) groups is 2. The zero-order chi connectivity index (χ0) is 27.8. The number of H-pyrrole nitrogens is 2. The molecule has 1 aromatic heterocycles. The smallest absolute Gasteiger partial charge is 0.325 e. The SMILES string of the molecule is CC1CC[C@]23c4c5ccc(C(=O)NCCc6ccc(-c7c[nH]c(=O)[nH]c7=O)cc6)c4O[C@H]2C(=O)CC[C@@]3(O)[C@H]1C5. The first-order chi connectivity index (χ1) is 19.2. The van der Waals surface area contributed by atoms with Crippen molar-refractivity contribution in [2.75, 3.05) is 6.54 Å². The molecule has 5 atom stereocenters. The van der Waals surface area contributed by atoms with Gasteiger partial charge in [-0.3, -0.25) is 19.4 Å². The van der Waals surface area contributed by atoms with E-state index >= 15 is 0 Å². The van der Waals surface area contributed by atoms with Gasteiger partial charge in [0.1, 0.15) is 5.75 Å². The van der Waals surface area contributed by atoms with Gasteiger partial charge in [0.2, 0.25) is 0 Å². The van der Waals surface area contributed by atoms with Crippen LogP contribution in [-0.4, -0.2) is 45.0 Å². The van der Waals surface area contributed by atoms with Crippen LogP contribution in [0, 0.1) is 11.8 Å². The quantitative estimate of drug-likeness (QED) is 0.391. The minimum Gasteiger partial charge on any atom is -0.480 e. The summed E-state index contributed by atoms with van der Waals surface area (Å²) in [5.74, 6) is 0.646. The number of ether oxygens (including phenoxy) is 1. The fraction of sp³-hybridized carbons (Fsp3) is 0.419. The molecule has 2 aromatic carbocycles. The van der Waals surface area contributed by atoms with Crippen LogP contribution in [0.25, 0.3) is 11.1 Å². The maximum Gasteiger partial charge on any atom is 0.325 e. The summed E-state index contributed by atoms with van der Waals surface area (Å²) in [6.45, 7) is 2.58. The molecule has 206 valence electrons. The summed E-state index contributed by atoms with van der Waals surface area (Å²) in [5.41, 5.74) is 1.62. The predicted molar refractivity (Wildman–Crippen MR) is 146 cm³/mol. The van der Waals surface area contributed by atoms with Gasteiger partial charge in [0, 0.05) is 24.7 Å². The van der Waals surface area contributed by atoms with Crippen LogP contribution in [0.5, 0.6) is 5.75 Å². The van der Waals surface area contributed by atoms with Crippen molar-refractivity contribution in [3.8, 4) is 16.9 Å². The second-order valence-electron chi connectivity index (χ2n) is 11.9. The number of hydrogen-bond donors (Lipinski definition) is 4. The van der Waals surface area contributed by atoms with Crippen LogP contribution in [0.4, 0.5) is 0 Å². The Morgan fingerprint density at radius 1 is 1.12 bits per heavy atom. The molecule has 40 heavy (non-hydrogen) atoms. The minimum absolute atomic E-state index is 0.0145. The van der Waals surface area contributed by atoms with E-state index in [1.165, 1.54) is 6.20 Å². The van der Waals surface area contributed by atoms with Crippen LogP contribution in [0.2, 0.25) is 0 Å². The Morgan fingerprint density at radius 2 is 1.93 bits per heavy atom. The third-order valence-corrected chi connectivity index (χ3v) is 9.95. The highest BCUT2D eigenvalue weighted by molar-refractivity contribution is 5.99. The molecule has 2 bridgehead atoms. The molecule has 3 aromatic rings. The molecule has 2 heterocycles. The van der Waals surface area contributed by atoms with Gasteiger partial charge in [-0.2, -0.15) is 0 Å². The Labute approximate surface area is 230 Å². The molecule has 4 aliphatic rings. The lowest BCUT2D eigenvalue weighted by Gasteiger charge is -2.61. The number of Topliss-reactive ketones (excluding diaryl/α,β-unsaturated/α-hetero) is 1. The van der Waals surface area contributed by atoms with E-state index in [-0.39, 0.29) is 17.6 Å². The molecule has 2 saturated carbocycles. The molecular weight excluding hydrogens is 510 g/mol. The first kappa shape index (κ1) is 25.0. The fourth-order valence-corrected chi connectivity index (χ4v) is 8.00. The summed E-state index contributed by atoms with van der Waals surface area (Å²) in [5, 5.41) is 15.1. The molecule has 1 amide bonds. The van der Waals surface area contributed by atoms with Crippen molar-refractivity contribution >= 4 is 11.7 Å². The molecule has 1 aliphatic heterocycles. The van der Waals surface area contributed by atoms with Crippen LogP contribution in [0.15, 0.2) is 52.2 Å². The Bertz CT molecular complexity index is 1670. The number of carbonyl (C=O) groups excluding carboxylic acids is 2. The molecule has 1 spiro atoms. The van der Waals surface area contributed by atoms with Crippen molar-refractivity contribution in [3.63, 3.8) is 0 Å². The molecule has 1 unspecified atom stereocenters. The van der Waals surface area contributed by atoms with Gasteiger partial charge in [0.25, 0.3) is 11.5 Å². The van der Waals surface area contributed by atoms with Crippen LogP contribution in [-0.2, 0) is 23.1 Å². The molecule has 9 heteroatoms. The maximum atomic E-state index is 13.4. The third kappa shape index (κ3) is 3.36. The molecular formula is C31H31N3O6. The summed E-state index contributed by atoms with van der Waals surface area (Å²) in [6, 6.07) is 11.1. The van der Waals surface area contributed by atoms with Crippen molar-refractivity contribution in [1.29, 1.82) is 0 Å². The van der Waals surface area contributed by atoms with Gasteiger partial charge in [-0.25, -0.2) is 4.79 Å². The monoisotopic (exact) mass is 541 g/mol. The summed E-state index contributed by atoms with van der Waals surface area (Å²) >= 11 is 0. The van der Waals surface area contributed by atoms with E-state index < -0.39 is 28.4 Å². The lowest BCUT2D eigenvalue weighted by molar-refractivity contribution is -0.186. The largest absolute Gasteiger partial charge is 0.480 e. The van der Waals surface area contributed by atoms with E-state index in [9.17, 15) is 24.3 Å². The fourth-order valence-electron chi connectivity index (χ4n) is 8.00. The van der Waals surface area contributed by atoms with E-state index in [4.69, 9.17) is 4.74 Å². The van der Waals surface area contributed by atoms with Gasteiger partial charge in [-0.1, -0.05) is 37.3 Å². The molecule has 3 aliphatic carbocycles. The van der Waals surface area contributed by atoms with Crippen LogP contribution >= 0.6 is 0 Å². The van der Waals surface area contributed by atoms with E-state index in [1.54, 1.807) is 18.2 Å². The van der Waals surface area contributed by atoms with Gasteiger partial charge in [0.05, 0.1) is 22.1 Å². The van der Waals surface area contributed by atoms with Crippen molar-refractivity contribution in [3.05, 3.63) is 85.7 Å². The van der Waals surface area contributed by atoms with E-state index in [0.717, 1.165) is 29.5 Å². The number of aliphatic hydroxyl groups is 1. The number of aromatic amines is 2. The van der Waals surface area contributed by atoms with Crippen molar-refractivity contribution < 1.29 is 19.4 Å². The Kier molecular flexibility index (Phi) is 5.48. The zero-order valence-electron chi connectivity index (χ0n) is 22.2. The lowest BCUT2D eigenvalue weighted by atomic mass is 9.44. The minimum atomic E-state index is -0.997. The molecule has 9 nitrogen and oxygen atoms in total. The second kappa shape index (κ2) is 8.76. The van der Waals surface area contributed by atoms with Gasteiger partial charge < -0.3 is 20.1 Å². The van der Waals surface area contributed by atoms with Gasteiger partial charge in [0.15, 0.2) is 11.9 Å². The summed E-state index contributed by atoms with van der Waals surface area (Å²) < 4.78 is 6.36. The molecule has 2 fully saturated rings. The molecule has 7 rings (SSSR count). The molecule has 0 saturated heterocycles. The van der Waals surface area contributed by atoms with Crippen molar-refractivity contribution in [2.24, 2.45) is 11.8 Å². The van der Waals surface area contributed by atoms with Gasteiger partial charge in [-0.05, 0) is 66.7 Å². The van der Waals surface area contributed by atoms with Crippen molar-refractivity contribution in [1.82, 2.24) is 15.3 Å². The topological polar surface area (TPSA) is 141 Å². The number of rotatable bonds is 5. The third-order valence-electron chi connectivity index (χ3n) is 9.95. The number of amides is 1. The number of ketones is 1. The molecule has 4 N–H and O–H groups in total. The van der Waals surface area contributed by atoms with Crippen LogP contribution < -0.4 is 21.3 Å². The number of hydrogen-bond acceptors (Lipinski definition) is 6. The summed E-state index contributed by atoms with van der Waals surface area (Å²) in [6.07, 6.45) is 4.30. The highest BCUT2D eigenvalue weighted by Gasteiger charge is 2.72. The van der Waals surface area contributed by atoms with E-state index in [1.807, 2.05) is 18.2 Å². The average Bonchev–Trinajstić information content (AvgIpc) is 3.29. The number of aromatic nitrogens is 2. The normalized spacial score (nSPS) is 29.4. The highest BCUT2D eigenvalue weighted by Crippen LogP contribution is 2.67. The lowest BCUT2D eigenvalue weighted by Crippen LogP contribution is -2.71. The van der Waals surface area contributed by atoms with Crippen LogP contribution in [0.3, 0.4) is 0 Å². The Hall–Kier alpha value is -3.98. The zero-order valence-corrected chi connectivity index (χ0v) is 22.2. The summed E-state index contributed by atoms with van der Waals surface area (Å²) in [7, 11) is 0. The second-order valence-corrected chi connectivity index (χ2v) is 11.9. The van der Waals surface area contributed by atoms with Gasteiger partial charge >= 0.3 is 5.69 Å². The highest BCUT2D eigenvalue weighted by atomic mass is 16.5. The predicted octanol–water partition coefficient (Wildman–Crippen LogP) is 2.40. The van der Waals surface area contributed by atoms with E-state index in [2.05, 4.69) is 22.2 Å². The van der Waals surface area contributed by atoms with Gasteiger partial charge in [-0.15, -0.1) is 0 Å². The molecule has 0 radical (unpaired) electrons. The Morgan fingerprint density at radius 3 is 2.70 bits per heavy atom. The maximum absolute atomic E-state index is 13.4. The number of benzene rings is 2. The summed E-state index contributed by atoms with van der Waals surface area (Å²) in [4.78, 5) is 54.5. The van der Waals surface area contributed by atoms with Crippen LogP contribution in [0.1, 0.15) is 59.7 Å². The number of nitrogens with one attached hydrogen (secondary N) is 3. The average molecular weight is 542 g/mol. The Balaban J connectivity index is 1.12. The van der Waals surface area contributed by atoms with Crippen molar-refractivity contribution in [2.45, 2.75) is 62.6 Å². The first-order valence-corrected chi connectivity index (χ1v) is 14.0. The standard InChI is InChI=1S/C31H31N3O6/c1-16-8-11-30-24-19-6-7-20(25(24)40-26(30)23(35)9-12-31(30,39)22(16)14-19)27(36)32-13-10-17-2-4-18(5-3-17)21-15-33-29(38)34-28(21)37/h2-7,15-16,22,26,39H,8-14H2,1H3,(H,32,36)(H2,33,34,37,38)/t16?,22-,26-,30-,31+/m0/s1.